The fraction of sp³-hybridized carbons (Fsp3) is 0.133. The van der Waals surface area contributed by atoms with Crippen molar-refractivity contribution in [2.24, 2.45) is 0 Å². The number of nitrogen functional groups attached to an aromatic ring is 1. The van der Waals surface area contributed by atoms with Gasteiger partial charge >= 0.3 is 0 Å². The number of hydrogen-bond acceptors (Lipinski definition) is 2. The fourth-order valence-corrected chi connectivity index (χ4v) is 2.51. The summed E-state index contributed by atoms with van der Waals surface area (Å²) in [5.74, 6) is -5.16. The Labute approximate surface area is 118 Å². The van der Waals surface area contributed by atoms with E-state index in [0.717, 1.165) is 17.7 Å². The van der Waals surface area contributed by atoms with Crippen LogP contribution in [0.15, 0.2) is 30.3 Å². The number of rotatable bonds is 1. The summed E-state index contributed by atoms with van der Waals surface area (Å²) in [6.45, 7) is 0.320. The van der Waals surface area contributed by atoms with E-state index >= 15 is 0 Å². The number of fused-ring (bicyclic) bond motifs is 1. The number of nitrogens with zero attached hydrogens (tertiary/aromatic N) is 1. The van der Waals surface area contributed by atoms with Gasteiger partial charge in [0, 0.05) is 23.5 Å². The number of hydrogen-bond donors (Lipinski definition) is 1. The average molecular weight is 292 g/mol. The van der Waals surface area contributed by atoms with Crippen LogP contribution >= 0.6 is 0 Å². The van der Waals surface area contributed by atoms with Gasteiger partial charge in [-0.2, -0.15) is 0 Å². The minimum absolute atomic E-state index is 0.320. The van der Waals surface area contributed by atoms with E-state index in [4.69, 9.17) is 5.73 Å². The molecule has 0 spiro atoms. The van der Waals surface area contributed by atoms with Crippen LogP contribution in [0.25, 0.3) is 0 Å². The molecule has 2 N–H and O–H groups in total. The molecule has 0 radical (unpaired) electrons. The highest BCUT2D eigenvalue weighted by Crippen LogP contribution is 2.33. The maximum absolute atomic E-state index is 13.7. The molecule has 6 heteroatoms. The summed E-state index contributed by atoms with van der Waals surface area (Å²) in [5.41, 5.74) is 7.25. The summed E-state index contributed by atoms with van der Waals surface area (Å²) in [7, 11) is 0. The monoisotopic (exact) mass is 292 g/mol. The molecule has 0 fully saturated rings. The molecule has 3 nitrogen and oxygen atoms in total. The largest absolute Gasteiger partial charge is 0.398 e. The zero-order chi connectivity index (χ0) is 15.1. The maximum atomic E-state index is 13.7. The van der Waals surface area contributed by atoms with Crippen molar-refractivity contribution < 1.29 is 18.0 Å². The smallest absolute Gasteiger partial charge is 0.261 e. The van der Waals surface area contributed by atoms with Gasteiger partial charge in [0.05, 0.1) is 5.56 Å². The highest BCUT2D eigenvalue weighted by atomic mass is 19.2. The third kappa shape index (κ3) is 2.03. The van der Waals surface area contributed by atoms with Gasteiger partial charge in [-0.25, -0.2) is 13.2 Å². The molecule has 108 valence electrons. The Bertz CT molecular complexity index is 746. The lowest BCUT2D eigenvalue weighted by atomic mass is 10.1. The standard InChI is InChI=1S/C15H11F3N2O/c16-10-5-4-9(13(17)14(10)18)15(21)20-7-6-8-11(19)2-1-3-12(8)20/h1-5H,6-7,19H2. The average Bonchev–Trinajstić information content (AvgIpc) is 2.90. The summed E-state index contributed by atoms with van der Waals surface area (Å²) < 4.78 is 39.9. The SMILES string of the molecule is Nc1cccc2c1CCN2C(=O)c1ccc(F)c(F)c1F. The first-order chi connectivity index (χ1) is 10.0. The number of carbonyl (C=O) groups excluding carboxylic acids is 1. The third-order valence-corrected chi connectivity index (χ3v) is 3.57. The summed E-state index contributed by atoms with van der Waals surface area (Å²) in [4.78, 5) is 13.7. The van der Waals surface area contributed by atoms with Crippen LogP contribution in [-0.4, -0.2) is 12.5 Å². The van der Waals surface area contributed by atoms with Crippen molar-refractivity contribution in [2.45, 2.75) is 6.42 Å². The number of anilines is 2. The minimum atomic E-state index is -1.65. The maximum Gasteiger partial charge on any atom is 0.261 e. The van der Waals surface area contributed by atoms with Crippen LogP contribution in [0.4, 0.5) is 24.5 Å². The van der Waals surface area contributed by atoms with Gasteiger partial charge in [0.25, 0.3) is 5.91 Å². The molecule has 2 aromatic carbocycles. The first-order valence-electron chi connectivity index (χ1n) is 6.33. The highest BCUT2D eigenvalue weighted by molar-refractivity contribution is 6.07. The van der Waals surface area contributed by atoms with Gasteiger partial charge in [0.1, 0.15) is 0 Å². The lowest BCUT2D eigenvalue weighted by molar-refractivity contribution is 0.0984. The molecule has 1 heterocycles. The molecule has 0 bridgehead atoms. The lowest BCUT2D eigenvalue weighted by Gasteiger charge is -2.18. The van der Waals surface area contributed by atoms with E-state index < -0.39 is 28.9 Å². The first-order valence-corrected chi connectivity index (χ1v) is 6.33. The van der Waals surface area contributed by atoms with Crippen LogP contribution in [0.3, 0.4) is 0 Å². The Morgan fingerprint density at radius 3 is 2.62 bits per heavy atom. The molecule has 1 aliphatic rings. The van der Waals surface area contributed by atoms with Gasteiger partial charge in [-0.15, -0.1) is 0 Å². The van der Waals surface area contributed by atoms with Gasteiger partial charge in [-0.3, -0.25) is 4.79 Å². The van der Waals surface area contributed by atoms with Gasteiger partial charge in [0.15, 0.2) is 17.5 Å². The topological polar surface area (TPSA) is 46.3 Å². The summed E-state index contributed by atoms with van der Waals surface area (Å²) in [6.07, 6.45) is 0.541. The molecule has 1 amide bonds. The Balaban J connectivity index is 2.03. The minimum Gasteiger partial charge on any atom is -0.398 e. The van der Waals surface area contributed by atoms with Crippen molar-refractivity contribution in [1.29, 1.82) is 0 Å². The van der Waals surface area contributed by atoms with E-state index in [1.54, 1.807) is 18.2 Å². The van der Waals surface area contributed by atoms with E-state index in [1.807, 2.05) is 0 Å². The van der Waals surface area contributed by atoms with Gasteiger partial charge in [-0.05, 0) is 30.7 Å². The predicted octanol–water partition coefficient (Wildman–Crippen LogP) is 2.89. The second-order valence-electron chi connectivity index (χ2n) is 4.77. The molecule has 0 saturated carbocycles. The van der Waals surface area contributed by atoms with Crippen molar-refractivity contribution in [3.63, 3.8) is 0 Å². The zero-order valence-corrected chi connectivity index (χ0v) is 10.9. The van der Waals surface area contributed by atoms with Crippen LogP contribution in [0.5, 0.6) is 0 Å². The summed E-state index contributed by atoms with van der Waals surface area (Å²) >= 11 is 0. The fourth-order valence-electron chi connectivity index (χ4n) is 2.51. The Kier molecular flexibility index (Phi) is 3.08. The highest BCUT2D eigenvalue weighted by Gasteiger charge is 2.29. The Morgan fingerprint density at radius 1 is 1.10 bits per heavy atom. The normalized spacial score (nSPS) is 13.4. The predicted molar refractivity (Wildman–Crippen MR) is 72.6 cm³/mol. The van der Waals surface area contributed by atoms with Gasteiger partial charge in [-0.1, -0.05) is 6.07 Å². The second kappa shape index (κ2) is 4.80. The molecule has 21 heavy (non-hydrogen) atoms. The first kappa shape index (κ1) is 13.5. The number of nitrogens with two attached hydrogens (primary N) is 1. The molecule has 0 aliphatic carbocycles. The van der Waals surface area contributed by atoms with Crippen molar-refractivity contribution in [3.05, 3.63) is 58.9 Å². The van der Waals surface area contributed by atoms with E-state index in [0.29, 0.717) is 24.3 Å². The molecule has 1 aliphatic heterocycles. The van der Waals surface area contributed by atoms with Crippen LogP contribution < -0.4 is 10.6 Å². The van der Waals surface area contributed by atoms with Crippen LogP contribution in [0.1, 0.15) is 15.9 Å². The van der Waals surface area contributed by atoms with Crippen molar-refractivity contribution in [3.8, 4) is 0 Å². The molecule has 0 saturated heterocycles. The summed E-state index contributed by atoms with van der Waals surface area (Å²) in [6, 6.07) is 6.77. The van der Waals surface area contributed by atoms with Gasteiger partial charge in [0.2, 0.25) is 0 Å². The van der Waals surface area contributed by atoms with Crippen LogP contribution in [0.2, 0.25) is 0 Å². The number of carbonyl (C=O) groups is 1. The number of amides is 1. The van der Waals surface area contributed by atoms with Crippen molar-refractivity contribution >= 4 is 17.3 Å². The van der Waals surface area contributed by atoms with Crippen LogP contribution in [0, 0.1) is 17.5 Å². The number of halogens is 3. The quantitative estimate of drug-likeness (QED) is 0.649. The molecule has 0 unspecified atom stereocenters. The lowest BCUT2D eigenvalue weighted by Crippen LogP contribution is -2.30. The van der Waals surface area contributed by atoms with Crippen molar-refractivity contribution in [2.75, 3.05) is 17.2 Å². The van der Waals surface area contributed by atoms with Gasteiger partial charge < -0.3 is 10.6 Å². The molecule has 0 aromatic heterocycles. The number of benzene rings is 2. The molecular weight excluding hydrogens is 281 g/mol. The Hall–Kier alpha value is -2.50. The van der Waals surface area contributed by atoms with E-state index in [9.17, 15) is 18.0 Å². The zero-order valence-electron chi connectivity index (χ0n) is 10.9. The molecule has 2 aromatic rings. The van der Waals surface area contributed by atoms with E-state index in [2.05, 4.69) is 0 Å². The second-order valence-corrected chi connectivity index (χ2v) is 4.77. The molecular formula is C15H11F3N2O. The van der Waals surface area contributed by atoms with E-state index in [-0.39, 0.29) is 0 Å². The van der Waals surface area contributed by atoms with Crippen LogP contribution in [-0.2, 0) is 6.42 Å². The van der Waals surface area contributed by atoms with E-state index in [1.165, 1.54) is 4.90 Å². The van der Waals surface area contributed by atoms with Crippen molar-refractivity contribution in [1.82, 2.24) is 0 Å². The Morgan fingerprint density at radius 2 is 1.86 bits per heavy atom. The summed E-state index contributed by atoms with van der Waals surface area (Å²) in [5, 5.41) is 0. The third-order valence-electron chi connectivity index (χ3n) is 3.57. The molecule has 3 rings (SSSR count). The molecule has 0 atom stereocenters.